The average Bonchev–Trinajstić information content (AvgIpc) is 3.29. The third-order valence-corrected chi connectivity index (χ3v) is 5.54. The highest BCUT2D eigenvalue weighted by Gasteiger charge is 2.33. The molecule has 9 nitrogen and oxygen atoms in total. The third-order valence-electron chi connectivity index (χ3n) is 5.54. The van der Waals surface area contributed by atoms with Gasteiger partial charge in [0.05, 0.1) is 35.1 Å². The number of fused-ring (bicyclic) bond motifs is 1. The lowest BCUT2D eigenvalue weighted by Crippen LogP contribution is -2.22. The molecule has 34 heavy (non-hydrogen) atoms. The average molecular weight is 478 g/mol. The Hall–Kier alpha value is -3.67. The molecule has 1 aliphatic rings. The van der Waals surface area contributed by atoms with Crippen LogP contribution in [-0.4, -0.2) is 34.0 Å². The van der Waals surface area contributed by atoms with E-state index in [1.54, 1.807) is 25.1 Å². The molecule has 0 aliphatic carbocycles. The molecule has 0 amide bonds. The maximum absolute atomic E-state index is 13.3. The van der Waals surface area contributed by atoms with Gasteiger partial charge in [-0.15, -0.1) is 0 Å². The standard InChI is InChI=1S/C22H21F3N4O5/c1-12(13-7-14(22(23,24)25)9-15(8-13)29(31)32)26-20-19-10-16(34-17-5-6-33-11-17)3-4-18(19)21(30)28(2)27-20/h3-4,7-10,12,17H,5-6,11H2,1-2H3,(H,26,27)/t12?,17-/m0/s1. The number of alkyl halides is 3. The smallest absolute Gasteiger partial charge is 0.416 e. The van der Waals surface area contributed by atoms with E-state index < -0.39 is 28.4 Å². The van der Waals surface area contributed by atoms with Gasteiger partial charge in [-0.3, -0.25) is 14.9 Å². The molecule has 1 unspecified atom stereocenters. The number of non-ortho nitro benzene ring substituents is 1. The zero-order valence-corrected chi connectivity index (χ0v) is 18.3. The van der Waals surface area contributed by atoms with Crippen LogP contribution in [0.15, 0.2) is 41.2 Å². The van der Waals surface area contributed by atoms with Gasteiger partial charge in [0.1, 0.15) is 11.9 Å². The SMILES string of the molecule is CC(Nc1nn(C)c(=O)c2ccc(O[C@H]3CCOC3)cc12)c1cc([N+](=O)[O-])cc(C(F)(F)F)c1. The first-order valence-corrected chi connectivity index (χ1v) is 10.4. The van der Waals surface area contributed by atoms with E-state index in [2.05, 4.69) is 10.4 Å². The first-order chi connectivity index (χ1) is 16.0. The van der Waals surface area contributed by atoms with Gasteiger partial charge in [-0.25, -0.2) is 4.68 Å². The molecule has 4 rings (SSSR count). The van der Waals surface area contributed by atoms with Crippen LogP contribution in [0.4, 0.5) is 24.7 Å². The molecule has 0 spiro atoms. The van der Waals surface area contributed by atoms with Crippen molar-refractivity contribution in [1.29, 1.82) is 0 Å². The summed E-state index contributed by atoms with van der Waals surface area (Å²) < 4.78 is 52.2. The molecule has 12 heteroatoms. The van der Waals surface area contributed by atoms with E-state index in [4.69, 9.17) is 9.47 Å². The van der Waals surface area contributed by atoms with Crippen LogP contribution in [0.1, 0.15) is 30.5 Å². The topological polar surface area (TPSA) is 109 Å². The van der Waals surface area contributed by atoms with Crippen molar-refractivity contribution in [1.82, 2.24) is 9.78 Å². The van der Waals surface area contributed by atoms with Crippen LogP contribution >= 0.6 is 0 Å². The van der Waals surface area contributed by atoms with Crippen LogP contribution in [0.25, 0.3) is 10.8 Å². The van der Waals surface area contributed by atoms with Gasteiger partial charge in [0.2, 0.25) is 0 Å². The van der Waals surface area contributed by atoms with E-state index in [1.165, 1.54) is 7.05 Å². The first-order valence-electron chi connectivity index (χ1n) is 10.4. The Morgan fingerprint density at radius 3 is 2.68 bits per heavy atom. The quantitative estimate of drug-likeness (QED) is 0.418. The Labute approximate surface area is 191 Å². The number of aryl methyl sites for hydroxylation is 1. The van der Waals surface area contributed by atoms with Crippen molar-refractivity contribution in [3.63, 3.8) is 0 Å². The summed E-state index contributed by atoms with van der Waals surface area (Å²) in [6.07, 6.45) is -4.15. The summed E-state index contributed by atoms with van der Waals surface area (Å²) in [6, 6.07) is 6.50. The Kier molecular flexibility index (Phi) is 6.17. The van der Waals surface area contributed by atoms with E-state index in [9.17, 15) is 28.1 Å². The van der Waals surface area contributed by atoms with Gasteiger partial charge in [-0.2, -0.15) is 18.3 Å². The normalized spacial score (nSPS) is 17.0. The summed E-state index contributed by atoms with van der Waals surface area (Å²) in [5.41, 5.74) is -2.12. The van der Waals surface area contributed by atoms with E-state index in [0.29, 0.717) is 35.8 Å². The van der Waals surface area contributed by atoms with Crippen LogP contribution in [0.5, 0.6) is 5.75 Å². The van der Waals surface area contributed by atoms with Crippen LogP contribution in [0.3, 0.4) is 0 Å². The van der Waals surface area contributed by atoms with E-state index in [0.717, 1.165) is 23.2 Å². The van der Waals surface area contributed by atoms with Crippen molar-refractivity contribution < 1.29 is 27.6 Å². The predicted molar refractivity (Wildman–Crippen MR) is 117 cm³/mol. The summed E-state index contributed by atoms with van der Waals surface area (Å²) in [6.45, 7) is 2.59. The summed E-state index contributed by atoms with van der Waals surface area (Å²) in [5, 5.41) is 19.2. The highest BCUT2D eigenvalue weighted by molar-refractivity contribution is 5.92. The molecule has 180 valence electrons. The van der Waals surface area contributed by atoms with Crippen molar-refractivity contribution in [3.8, 4) is 5.75 Å². The molecule has 1 fully saturated rings. The Bertz CT molecular complexity index is 1300. The van der Waals surface area contributed by atoms with E-state index in [1.807, 2.05) is 0 Å². The third kappa shape index (κ3) is 4.81. The number of anilines is 1. The molecule has 0 radical (unpaired) electrons. The minimum Gasteiger partial charge on any atom is -0.488 e. The van der Waals surface area contributed by atoms with Crippen molar-refractivity contribution >= 4 is 22.3 Å². The lowest BCUT2D eigenvalue weighted by molar-refractivity contribution is -0.385. The number of nitrogens with one attached hydrogen (secondary N) is 1. The van der Waals surface area contributed by atoms with Crippen molar-refractivity contribution in [2.75, 3.05) is 18.5 Å². The predicted octanol–water partition coefficient (Wildman–Crippen LogP) is 4.20. The van der Waals surface area contributed by atoms with Crippen molar-refractivity contribution in [2.45, 2.75) is 31.7 Å². The maximum atomic E-state index is 13.3. The van der Waals surface area contributed by atoms with E-state index >= 15 is 0 Å². The molecule has 1 N–H and O–H groups in total. The summed E-state index contributed by atoms with van der Waals surface area (Å²) in [7, 11) is 1.45. The van der Waals surface area contributed by atoms with Crippen LogP contribution in [0.2, 0.25) is 0 Å². The number of aromatic nitrogens is 2. The lowest BCUT2D eigenvalue weighted by atomic mass is 10.0. The van der Waals surface area contributed by atoms with Crippen LogP contribution in [0, 0.1) is 10.1 Å². The summed E-state index contributed by atoms with van der Waals surface area (Å²) in [4.78, 5) is 22.9. The minimum atomic E-state index is -4.75. The summed E-state index contributed by atoms with van der Waals surface area (Å²) >= 11 is 0. The summed E-state index contributed by atoms with van der Waals surface area (Å²) in [5.74, 6) is 0.709. The number of nitro benzene ring substituents is 1. The number of benzene rings is 2. The number of halogens is 3. The number of ether oxygens (including phenoxy) is 2. The Morgan fingerprint density at radius 2 is 2.03 bits per heavy atom. The highest BCUT2D eigenvalue weighted by atomic mass is 19.4. The maximum Gasteiger partial charge on any atom is 0.416 e. The van der Waals surface area contributed by atoms with Crippen molar-refractivity contribution in [2.24, 2.45) is 7.05 Å². The highest BCUT2D eigenvalue weighted by Crippen LogP contribution is 2.35. The van der Waals surface area contributed by atoms with E-state index in [-0.39, 0.29) is 23.0 Å². The number of rotatable bonds is 6. The molecular formula is C22H21F3N4O5. The molecule has 1 aromatic heterocycles. The molecule has 0 saturated carbocycles. The van der Waals surface area contributed by atoms with Gasteiger partial charge in [0.25, 0.3) is 11.2 Å². The molecule has 2 heterocycles. The lowest BCUT2D eigenvalue weighted by Gasteiger charge is -2.19. The van der Waals surface area contributed by atoms with Crippen molar-refractivity contribution in [3.05, 3.63) is 68.0 Å². The number of hydrogen-bond acceptors (Lipinski definition) is 7. The number of hydrogen-bond donors (Lipinski definition) is 1. The zero-order chi connectivity index (χ0) is 24.6. The van der Waals surface area contributed by atoms with Gasteiger partial charge < -0.3 is 14.8 Å². The second-order valence-corrected chi connectivity index (χ2v) is 8.02. The minimum absolute atomic E-state index is 0.0424. The molecule has 0 bridgehead atoms. The zero-order valence-electron chi connectivity index (χ0n) is 18.3. The molecule has 2 aromatic carbocycles. The fourth-order valence-electron chi connectivity index (χ4n) is 3.75. The second kappa shape index (κ2) is 8.93. The van der Waals surface area contributed by atoms with Gasteiger partial charge >= 0.3 is 6.18 Å². The number of nitro groups is 1. The molecular weight excluding hydrogens is 457 g/mol. The molecule has 2 atom stereocenters. The Balaban J connectivity index is 1.73. The Morgan fingerprint density at radius 1 is 1.26 bits per heavy atom. The largest absolute Gasteiger partial charge is 0.488 e. The molecule has 1 aliphatic heterocycles. The van der Waals surface area contributed by atoms with Crippen LogP contribution < -0.4 is 15.6 Å². The molecule has 3 aromatic rings. The van der Waals surface area contributed by atoms with Gasteiger partial charge in [-0.1, -0.05) is 0 Å². The van der Waals surface area contributed by atoms with Crippen LogP contribution in [-0.2, 0) is 18.0 Å². The van der Waals surface area contributed by atoms with Gasteiger partial charge in [0, 0.05) is 31.0 Å². The van der Waals surface area contributed by atoms with Gasteiger partial charge in [0.15, 0.2) is 5.82 Å². The first kappa shape index (κ1) is 23.5. The second-order valence-electron chi connectivity index (χ2n) is 8.02. The fraction of sp³-hybridized carbons (Fsp3) is 0.364. The fourth-order valence-corrected chi connectivity index (χ4v) is 3.75. The molecule has 1 saturated heterocycles. The monoisotopic (exact) mass is 478 g/mol. The number of nitrogens with zero attached hydrogens (tertiary/aromatic N) is 3. The van der Waals surface area contributed by atoms with Gasteiger partial charge in [-0.05, 0) is 36.8 Å².